The van der Waals surface area contributed by atoms with Gasteiger partial charge in [-0.15, -0.1) is 0 Å². The first-order valence-corrected chi connectivity index (χ1v) is 14.3. The molecule has 218 valence electrons. The predicted octanol–water partition coefficient (Wildman–Crippen LogP) is 5.98. The average Bonchev–Trinajstić information content (AvgIpc) is 2.96. The number of nitrogens with one attached hydrogen (secondary N) is 4. The fourth-order valence-corrected chi connectivity index (χ4v) is 4.92. The second-order valence-electron chi connectivity index (χ2n) is 10.5. The Balaban J connectivity index is 1.69. The second-order valence-corrected chi connectivity index (χ2v) is 11.0. The summed E-state index contributed by atoms with van der Waals surface area (Å²) in [6.07, 6.45) is 6.10. The van der Waals surface area contributed by atoms with Crippen molar-refractivity contribution in [1.82, 2.24) is 20.6 Å². The lowest BCUT2D eigenvalue weighted by atomic mass is 9.87. The molecule has 1 heterocycles. The highest BCUT2D eigenvalue weighted by atomic mass is 35.5. The Morgan fingerprint density at radius 3 is 2.61 bits per heavy atom. The summed E-state index contributed by atoms with van der Waals surface area (Å²) in [7, 11) is 1.62. The number of amides is 1. The number of aryl methyl sites for hydroxylation is 1. The number of aromatic nitrogens is 2. The van der Waals surface area contributed by atoms with E-state index in [1.54, 1.807) is 13.1 Å². The van der Waals surface area contributed by atoms with Gasteiger partial charge in [0.2, 0.25) is 5.95 Å². The molecular weight excluding hydrogens is 540 g/mol. The van der Waals surface area contributed by atoms with Gasteiger partial charge in [0.1, 0.15) is 10.8 Å². The summed E-state index contributed by atoms with van der Waals surface area (Å²) in [5.41, 5.74) is 4.96. The van der Waals surface area contributed by atoms with E-state index in [-0.39, 0.29) is 30.7 Å². The van der Waals surface area contributed by atoms with E-state index < -0.39 is 0 Å². The molecule has 0 bridgehead atoms. The molecule has 0 radical (unpaired) electrons. The summed E-state index contributed by atoms with van der Waals surface area (Å²) < 4.78 is 6.21. The number of carbonyl (C=O) groups is 1. The third-order valence-corrected chi connectivity index (χ3v) is 7.17. The highest BCUT2D eigenvalue weighted by Crippen LogP contribution is 2.38. The van der Waals surface area contributed by atoms with E-state index >= 15 is 0 Å². The summed E-state index contributed by atoms with van der Waals surface area (Å²) in [6.45, 7) is 7.98. The van der Waals surface area contributed by atoms with E-state index in [1.165, 1.54) is 6.20 Å². The van der Waals surface area contributed by atoms with Crippen molar-refractivity contribution >= 4 is 46.2 Å². The van der Waals surface area contributed by atoms with Crippen LogP contribution in [0.25, 0.3) is 5.57 Å². The van der Waals surface area contributed by atoms with Crippen LogP contribution in [0.2, 0.25) is 5.02 Å². The molecule has 10 heteroatoms. The van der Waals surface area contributed by atoms with Crippen molar-refractivity contribution < 1.29 is 14.6 Å². The number of aliphatic hydroxyl groups excluding tert-OH is 1. The highest BCUT2D eigenvalue weighted by molar-refractivity contribution is 6.32. The van der Waals surface area contributed by atoms with Crippen molar-refractivity contribution in [3.63, 3.8) is 0 Å². The molecule has 2 aromatic carbocycles. The summed E-state index contributed by atoms with van der Waals surface area (Å²) in [5.74, 6) is 1.15. The van der Waals surface area contributed by atoms with Gasteiger partial charge in [-0.3, -0.25) is 4.79 Å². The van der Waals surface area contributed by atoms with E-state index in [4.69, 9.17) is 16.3 Å². The molecule has 1 aromatic heterocycles. The monoisotopic (exact) mass is 578 g/mol. The molecule has 5 N–H and O–H groups in total. The maximum atomic E-state index is 13.1. The Morgan fingerprint density at radius 1 is 1.17 bits per heavy atom. The number of rotatable bonds is 11. The molecule has 0 saturated heterocycles. The zero-order valence-corrected chi connectivity index (χ0v) is 25.0. The normalized spacial score (nSPS) is 15.7. The fourth-order valence-electron chi connectivity index (χ4n) is 4.78. The molecule has 1 unspecified atom stereocenters. The van der Waals surface area contributed by atoms with Crippen molar-refractivity contribution in [3.8, 4) is 5.75 Å². The molecule has 0 saturated carbocycles. The van der Waals surface area contributed by atoms with E-state index in [0.29, 0.717) is 33.8 Å². The molecule has 9 nitrogen and oxygen atoms in total. The first kappa shape index (κ1) is 30.3. The van der Waals surface area contributed by atoms with E-state index in [0.717, 1.165) is 41.6 Å². The smallest absolute Gasteiger partial charge is 0.251 e. The third kappa shape index (κ3) is 7.75. The van der Waals surface area contributed by atoms with Gasteiger partial charge in [0.25, 0.3) is 5.91 Å². The zero-order chi connectivity index (χ0) is 29.5. The number of carbonyl (C=O) groups excluding carboxylic acids is 1. The predicted molar refractivity (Wildman–Crippen MR) is 166 cm³/mol. The number of halogens is 1. The standard InChI is InChI=1S/C31H39ClN6O3/c1-18(2)41-28-15-23(21-10-12-22(13-11-21)35-20(4)17-39)24(30(40)33-5)14-27(28)37-31-34-16-25(32)29(38-31)36-26-9-7-6-8-19(26)3/h6-10,14-16,18,20,22,35,39H,11-13,17H2,1-5H3,(H,33,40)(H2,34,36,37,38)/t20-,22?/m1/s1. The van der Waals surface area contributed by atoms with Gasteiger partial charge in [0, 0.05) is 30.4 Å². The summed E-state index contributed by atoms with van der Waals surface area (Å²) in [6, 6.07) is 11.9. The fraction of sp³-hybridized carbons (Fsp3) is 0.387. The lowest BCUT2D eigenvalue weighted by Gasteiger charge is -2.27. The number of allylic oxidation sites excluding steroid dienone is 1. The SMILES string of the molecule is CNC(=O)c1cc(Nc2ncc(Cl)c(Nc3ccccc3C)n2)c(OC(C)C)cc1C1=CCC(N[C@H](C)CO)CC1. The van der Waals surface area contributed by atoms with Crippen LogP contribution in [0.1, 0.15) is 61.5 Å². The molecule has 1 amide bonds. The number of aliphatic hydroxyl groups is 1. The van der Waals surface area contributed by atoms with Crippen molar-refractivity contribution in [1.29, 1.82) is 0 Å². The minimum Gasteiger partial charge on any atom is -0.489 e. The number of benzene rings is 2. The molecule has 2 atom stereocenters. The molecule has 1 aliphatic carbocycles. The topological polar surface area (TPSA) is 120 Å². The van der Waals surface area contributed by atoms with Gasteiger partial charge in [-0.05, 0) is 81.9 Å². The van der Waals surface area contributed by atoms with Gasteiger partial charge in [-0.25, -0.2) is 4.98 Å². The second kappa shape index (κ2) is 13.8. The molecule has 4 rings (SSSR count). The summed E-state index contributed by atoms with van der Waals surface area (Å²) in [4.78, 5) is 22.1. The molecular formula is C31H39ClN6O3. The average molecular weight is 579 g/mol. The number of hydrogen-bond acceptors (Lipinski definition) is 8. The third-order valence-electron chi connectivity index (χ3n) is 6.89. The largest absolute Gasteiger partial charge is 0.489 e. The van der Waals surface area contributed by atoms with Crippen LogP contribution in [-0.2, 0) is 0 Å². The van der Waals surface area contributed by atoms with Crippen LogP contribution in [0.15, 0.2) is 48.7 Å². The molecule has 0 aliphatic heterocycles. The van der Waals surface area contributed by atoms with Gasteiger partial charge in [0.15, 0.2) is 5.82 Å². The Hall–Kier alpha value is -3.66. The molecule has 41 heavy (non-hydrogen) atoms. The molecule has 0 fully saturated rings. The van der Waals surface area contributed by atoms with Crippen LogP contribution in [0.5, 0.6) is 5.75 Å². The van der Waals surface area contributed by atoms with Crippen molar-refractivity contribution in [2.75, 3.05) is 24.3 Å². The Labute approximate surface area is 246 Å². The summed E-state index contributed by atoms with van der Waals surface area (Å²) in [5, 5.41) is 22.5. The van der Waals surface area contributed by atoms with Crippen LogP contribution in [0.3, 0.4) is 0 Å². The maximum Gasteiger partial charge on any atom is 0.251 e. The summed E-state index contributed by atoms with van der Waals surface area (Å²) >= 11 is 6.42. The van der Waals surface area contributed by atoms with Crippen LogP contribution < -0.4 is 26.0 Å². The van der Waals surface area contributed by atoms with Gasteiger partial charge in [-0.2, -0.15) is 4.98 Å². The molecule has 0 spiro atoms. The lowest BCUT2D eigenvalue weighted by molar-refractivity contribution is 0.0962. The first-order chi connectivity index (χ1) is 19.7. The Kier molecular flexibility index (Phi) is 10.2. The van der Waals surface area contributed by atoms with Gasteiger partial charge in [0.05, 0.1) is 24.6 Å². The Bertz CT molecular complexity index is 1410. The first-order valence-electron chi connectivity index (χ1n) is 13.9. The van der Waals surface area contributed by atoms with Crippen molar-refractivity contribution in [3.05, 3.63) is 70.4 Å². The minimum atomic E-state index is -0.201. The van der Waals surface area contributed by atoms with E-state index in [1.807, 2.05) is 58.0 Å². The number of anilines is 4. The lowest BCUT2D eigenvalue weighted by Crippen LogP contribution is -2.39. The van der Waals surface area contributed by atoms with Gasteiger partial charge in [-0.1, -0.05) is 35.9 Å². The van der Waals surface area contributed by atoms with Gasteiger partial charge < -0.3 is 31.1 Å². The van der Waals surface area contributed by atoms with Crippen LogP contribution in [0, 0.1) is 6.92 Å². The molecule has 1 aliphatic rings. The zero-order valence-electron chi connectivity index (χ0n) is 24.2. The van der Waals surface area contributed by atoms with Gasteiger partial charge >= 0.3 is 0 Å². The van der Waals surface area contributed by atoms with Crippen molar-refractivity contribution in [2.24, 2.45) is 0 Å². The van der Waals surface area contributed by atoms with E-state index in [9.17, 15) is 9.90 Å². The number of hydrogen-bond donors (Lipinski definition) is 5. The Morgan fingerprint density at radius 2 is 1.95 bits per heavy atom. The van der Waals surface area contributed by atoms with Crippen molar-refractivity contribution in [2.45, 2.75) is 65.1 Å². The van der Waals surface area contributed by atoms with Crippen LogP contribution in [0.4, 0.5) is 23.1 Å². The van der Waals surface area contributed by atoms with E-state index in [2.05, 4.69) is 37.3 Å². The highest BCUT2D eigenvalue weighted by Gasteiger charge is 2.23. The number of para-hydroxylation sites is 1. The molecule has 3 aromatic rings. The maximum absolute atomic E-state index is 13.1. The van der Waals surface area contributed by atoms with Crippen LogP contribution in [-0.4, -0.2) is 52.8 Å². The number of ether oxygens (including phenoxy) is 1. The minimum absolute atomic E-state index is 0.0373. The van der Waals surface area contributed by atoms with Crippen LogP contribution >= 0.6 is 11.6 Å². The number of nitrogens with zero attached hydrogens (tertiary/aromatic N) is 2. The quantitative estimate of drug-likeness (QED) is 0.188.